The van der Waals surface area contributed by atoms with Gasteiger partial charge in [-0.05, 0) is 32.0 Å². The summed E-state index contributed by atoms with van der Waals surface area (Å²) in [5.41, 5.74) is -0.142. The Hall–Kier alpha value is -1.57. The third-order valence-corrected chi connectivity index (χ3v) is 4.30. The molecular weight excluding hydrogens is 383 g/mol. The summed E-state index contributed by atoms with van der Waals surface area (Å²) in [5, 5.41) is 7.29. The predicted molar refractivity (Wildman–Crippen MR) is 106 cm³/mol. The molecule has 0 aliphatic rings. The van der Waals surface area contributed by atoms with E-state index >= 15 is 0 Å². The van der Waals surface area contributed by atoms with Crippen LogP contribution in [0.3, 0.4) is 0 Å². The zero-order chi connectivity index (χ0) is 19.0. The maximum absolute atomic E-state index is 12.4. The first-order chi connectivity index (χ1) is 11.7. The molecule has 0 unspecified atom stereocenters. The van der Waals surface area contributed by atoms with E-state index in [0.717, 1.165) is 0 Å². The molecule has 0 spiro atoms. The van der Waals surface area contributed by atoms with Gasteiger partial charge in [-0.3, -0.25) is 14.6 Å². The van der Waals surface area contributed by atoms with E-state index in [1.54, 1.807) is 19.9 Å². The maximum atomic E-state index is 12.4. The van der Waals surface area contributed by atoms with Crippen LogP contribution in [0.4, 0.5) is 0 Å². The minimum atomic E-state index is -0.863. The van der Waals surface area contributed by atoms with E-state index in [1.807, 2.05) is 0 Å². The second kappa shape index (κ2) is 9.79. The smallest absolute Gasteiger partial charge is 0.252 e. The van der Waals surface area contributed by atoms with Gasteiger partial charge in [0.2, 0.25) is 0 Å². The van der Waals surface area contributed by atoms with Crippen LogP contribution in [0, 0.1) is 0 Å². The standard InChI is InChI=1S/C16H20Cl2N4O2S/c1-10(23)25-5-4-20-9-14(22-19)16(2,3)21-15(24)11-6-12(17)8-13(18)7-11/h6-9H,4-5,19H2,1-3H3,(H,21,24)/b20-9?,22-14+. The monoisotopic (exact) mass is 402 g/mol. The van der Waals surface area contributed by atoms with Gasteiger partial charge >= 0.3 is 0 Å². The molecule has 0 saturated carbocycles. The molecule has 0 heterocycles. The summed E-state index contributed by atoms with van der Waals surface area (Å²) in [4.78, 5) is 27.5. The van der Waals surface area contributed by atoms with Crippen molar-refractivity contribution in [2.75, 3.05) is 12.3 Å². The lowest BCUT2D eigenvalue weighted by atomic mass is 9.98. The van der Waals surface area contributed by atoms with Crippen LogP contribution < -0.4 is 11.2 Å². The van der Waals surface area contributed by atoms with E-state index < -0.39 is 5.54 Å². The highest BCUT2D eigenvalue weighted by Crippen LogP contribution is 2.19. The predicted octanol–water partition coefficient (Wildman–Crippen LogP) is 3.17. The Morgan fingerprint density at radius 1 is 1.28 bits per heavy atom. The molecule has 6 nitrogen and oxygen atoms in total. The topological polar surface area (TPSA) is 96.9 Å². The molecule has 0 aliphatic carbocycles. The number of hydrazone groups is 1. The number of hydrogen-bond acceptors (Lipinski definition) is 6. The summed E-state index contributed by atoms with van der Waals surface area (Å²) in [5.74, 6) is 5.63. The second-order valence-electron chi connectivity index (χ2n) is 5.63. The molecule has 0 atom stereocenters. The summed E-state index contributed by atoms with van der Waals surface area (Å²) >= 11 is 13.0. The lowest BCUT2D eigenvalue weighted by molar-refractivity contribution is -0.109. The van der Waals surface area contributed by atoms with Crippen LogP contribution in [0.15, 0.2) is 28.3 Å². The van der Waals surface area contributed by atoms with Crippen LogP contribution in [0.2, 0.25) is 10.0 Å². The van der Waals surface area contributed by atoms with Crippen molar-refractivity contribution >= 4 is 57.9 Å². The largest absolute Gasteiger partial charge is 0.341 e. The number of halogens is 2. The minimum absolute atomic E-state index is 0.0377. The number of carbonyl (C=O) groups excluding carboxylic acids is 2. The number of nitrogens with zero attached hydrogens (tertiary/aromatic N) is 2. The molecule has 0 saturated heterocycles. The Kier molecular flexibility index (Phi) is 8.41. The number of rotatable bonds is 7. The van der Waals surface area contributed by atoms with Crippen molar-refractivity contribution in [2.24, 2.45) is 15.9 Å². The molecule has 25 heavy (non-hydrogen) atoms. The lowest BCUT2D eigenvalue weighted by Crippen LogP contribution is -2.50. The summed E-state index contributed by atoms with van der Waals surface area (Å²) in [7, 11) is 0. The van der Waals surface area contributed by atoms with Crippen LogP contribution in [0.5, 0.6) is 0 Å². The van der Waals surface area contributed by atoms with Gasteiger partial charge < -0.3 is 11.2 Å². The van der Waals surface area contributed by atoms with E-state index in [9.17, 15) is 9.59 Å². The Labute approximate surface area is 161 Å². The summed E-state index contributed by atoms with van der Waals surface area (Å²) in [6.07, 6.45) is 1.49. The SMILES string of the molecule is CC(=O)SCCN=C/C(=N\N)C(C)(C)NC(=O)c1cc(Cl)cc(Cl)c1. The van der Waals surface area contributed by atoms with Gasteiger partial charge in [0.25, 0.3) is 5.91 Å². The molecule has 1 amide bonds. The summed E-state index contributed by atoms with van der Waals surface area (Å²) in [6.45, 7) is 5.44. The molecule has 1 aromatic carbocycles. The Bertz CT molecular complexity index is 685. The first-order valence-corrected chi connectivity index (χ1v) is 9.10. The van der Waals surface area contributed by atoms with Gasteiger partial charge in [-0.15, -0.1) is 0 Å². The third kappa shape index (κ3) is 7.46. The molecule has 9 heteroatoms. The lowest BCUT2D eigenvalue weighted by Gasteiger charge is -2.25. The minimum Gasteiger partial charge on any atom is -0.341 e. The van der Waals surface area contributed by atoms with E-state index in [1.165, 1.54) is 37.0 Å². The zero-order valence-electron chi connectivity index (χ0n) is 14.2. The molecule has 0 radical (unpaired) electrons. The fraction of sp³-hybridized carbons (Fsp3) is 0.375. The van der Waals surface area contributed by atoms with Crippen molar-refractivity contribution in [3.63, 3.8) is 0 Å². The highest BCUT2D eigenvalue weighted by molar-refractivity contribution is 8.13. The van der Waals surface area contributed by atoms with Gasteiger partial charge in [0.05, 0.1) is 5.54 Å². The average Bonchev–Trinajstić information content (AvgIpc) is 2.48. The molecule has 1 rings (SSSR count). The number of nitrogens with two attached hydrogens (primary N) is 1. The van der Waals surface area contributed by atoms with E-state index in [4.69, 9.17) is 29.0 Å². The van der Waals surface area contributed by atoms with Crippen LogP contribution in [0.1, 0.15) is 31.1 Å². The molecule has 0 fully saturated rings. The molecule has 0 aliphatic heterocycles. The molecular formula is C16H20Cl2N4O2S. The first kappa shape index (κ1) is 21.5. The van der Waals surface area contributed by atoms with E-state index in [0.29, 0.717) is 33.6 Å². The van der Waals surface area contributed by atoms with E-state index in [2.05, 4.69) is 15.4 Å². The Balaban J connectivity index is 2.78. The Morgan fingerprint density at radius 2 is 1.88 bits per heavy atom. The summed E-state index contributed by atoms with van der Waals surface area (Å²) in [6, 6.07) is 4.58. The van der Waals surface area contributed by atoms with Gasteiger partial charge in [0.1, 0.15) is 5.71 Å². The van der Waals surface area contributed by atoms with Crippen molar-refractivity contribution in [1.29, 1.82) is 0 Å². The average molecular weight is 403 g/mol. The molecule has 0 bridgehead atoms. The number of carbonyl (C=O) groups is 2. The van der Waals surface area contributed by atoms with Gasteiger partial charge in [0.15, 0.2) is 5.12 Å². The maximum Gasteiger partial charge on any atom is 0.252 e. The zero-order valence-corrected chi connectivity index (χ0v) is 16.5. The molecule has 0 aromatic heterocycles. The molecule has 1 aromatic rings. The highest BCUT2D eigenvalue weighted by Gasteiger charge is 2.27. The second-order valence-corrected chi connectivity index (χ2v) is 7.77. The highest BCUT2D eigenvalue weighted by atomic mass is 35.5. The van der Waals surface area contributed by atoms with Crippen LogP contribution >= 0.6 is 35.0 Å². The Morgan fingerprint density at radius 3 is 2.40 bits per heavy atom. The third-order valence-electron chi connectivity index (χ3n) is 3.07. The van der Waals surface area contributed by atoms with Gasteiger partial charge in [0, 0.05) is 41.0 Å². The van der Waals surface area contributed by atoms with Crippen LogP contribution in [-0.4, -0.2) is 40.8 Å². The fourth-order valence-electron chi connectivity index (χ4n) is 1.85. The normalized spacial score (nSPS) is 12.4. The van der Waals surface area contributed by atoms with E-state index in [-0.39, 0.29) is 11.0 Å². The van der Waals surface area contributed by atoms with Gasteiger partial charge in [-0.1, -0.05) is 35.0 Å². The number of nitrogens with one attached hydrogen (secondary N) is 1. The number of aliphatic imine (C=N–C) groups is 1. The first-order valence-electron chi connectivity index (χ1n) is 7.36. The van der Waals surface area contributed by atoms with Crippen molar-refractivity contribution in [3.8, 4) is 0 Å². The van der Waals surface area contributed by atoms with Gasteiger partial charge in [-0.25, -0.2) is 0 Å². The van der Waals surface area contributed by atoms with Crippen molar-refractivity contribution in [2.45, 2.75) is 26.3 Å². The number of amides is 1. The summed E-state index contributed by atoms with van der Waals surface area (Å²) < 4.78 is 0. The van der Waals surface area contributed by atoms with Crippen LogP contribution in [0.25, 0.3) is 0 Å². The quantitative estimate of drug-likeness (QED) is 0.316. The number of thioether (sulfide) groups is 1. The van der Waals surface area contributed by atoms with Gasteiger partial charge in [-0.2, -0.15) is 5.10 Å². The van der Waals surface area contributed by atoms with Crippen LogP contribution in [-0.2, 0) is 4.79 Å². The fourth-order valence-corrected chi connectivity index (χ4v) is 2.86. The molecule has 136 valence electrons. The number of benzene rings is 1. The van der Waals surface area contributed by atoms with Crippen molar-refractivity contribution in [1.82, 2.24) is 5.32 Å². The molecule has 3 N–H and O–H groups in total. The van der Waals surface area contributed by atoms with Crippen molar-refractivity contribution in [3.05, 3.63) is 33.8 Å². The van der Waals surface area contributed by atoms with Crippen molar-refractivity contribution < 1.29 is 9.59 Å². The number of hydrogen-bond donors (Lipinski definition) is 2.